The first-order valence-electron chi connectivity index (χ1n) is 3.80. The molecule has 74 valence electrons. The van der Waals surface area contributed by atoms with E-state index in [2.05, 4.69) is 56.0 Å². The Kier molecular flexibility index (Phi) is 3.92. The second kappa shape index (κ2) is 4.82. The molecule has 2 heterocycles. The van der Waals surface area contributed by atoms with Gasteiger partial charge in [-0.15, -0.1) is 22.7 Å². The van der Waals surface area contributed by atoms with Crippen LogP contribution in [0.4, 0.5) is 0 Å². The third-order valence-electron chi connectivity index (χ3n) is 1.72. The Morgan fingerprint density at radius 3 is 2.71 bits per heavy atom. The largest absolute Gasteiger partial charge is 0.137 e. The second-order valence-electron chi connectivity index (χ2n) is 2.69. The van der Waals surface area contributed by atoms with Crippen LogP contribution in [0.25, 0.3) is 0 Å². The highest BCUT2D eigenvalue weighted by molar-refractivity contribution is 14.1. The predicted molar refractivity (Wildman–Crippen MR) is 77.1 cm³/mol. The zero-order valence-corrected chi connectivity index (χ0v) is 13.0. The lowest BCUT2D eigenvalue weighted by Crippen LogP contribution is -1.84. The molecule has 14 heavy (non-hydrogen) atoms. The van der Waals surface area contributed by atoms with Crippen molar-refractivity contribution in [2.24, 2.45) is 0 Å². The molecule has 0 nitrogen and oxygen atoms in total. The molecule has 0 aromatic carbocycles. The standard InChI is InChI=1S/C9H5BrClIS2/c10-9(5-3-8(12)13-4-5)6-1-2-7(11)14-6/h1-4,9H. The molecule has 1 atom stereocenters. The van der Waals surface area contributed by atoms with Crippen molar-refractivity contribution in [1.82, 2.24) is 0 Å². The highest BCUT2D eigenvalue weighted by Crippen LogP contribution is 2.38. The molecule has 0 aliphatic heterocycles. The predicted octanol–water partition coefficient (Wildman–Crippen LogP) is 5.55. The lowest BCUT2D eigenvalue weighted by molar-refractivity contribution is 1.25. The fourth-order valence-electron chi connectivity index (χ4n) is 1.09. The van der Waals surface area contributed by atoms with Gasteiger partial charge >= 0.3 is 0 Å². The van der Waals surface area contributed by atoms with Gasteiger partial charge in [-0.1, -0.05) is 27.5 Å². The van der Waals surface area contributed by atoms with E-state index in [0.29, 0.717) is 0 Å². The van der Waals surface area contributed by atoms with Gasteiger partial charge in [0.2, 0.25) is 0 Å². The minimum absolute atomic E-state index is 0.278. The van der Waals surface area contributed by atoms with Gasteiger partial charge in [0.25, 0.3) is 0 Å². The molecule has 0 aliphatic rings. The van der Waals surface area contributed by atoms with E-state index in [9.17, 15) is 0 Å². The molecule has 2 aromatic heterocycles. The van der Waals surface area contributed by atoms with Gasteiger partial charge in [0.15, 0.2) is 0 Å². The van der Waals surface area contributed by atoms with Crippen LogP contribution in [0.15, 0.2) is 23.6 Å². The molecule has 0 spiro atoms. The summed E-state index contributed by atoms with van der Waals surface area (Å²) in [6.07, 6.45) is 0. The van der Waals surface area contributed by atoms with E-state index in [-0.39, 0.29) is 4.83 Å². The summed E-state index contributed by atoms with van der Waals surface area (Å²) in [7, 11) is 0. The molecule has 0 fully saturated rings. The minimum atomic E-state index is 0.278. The lowest BCUT2D eigenvalue weighted by atomic mass is 10.2. The van der Waals surface area contributed by atoms with E-state index < -0.39 is 0 Å². The van der Waals surface area contributed by atoms with Gasteiger partial charge in [-0.05, 0) is 51.7 Å². The average Bonchev–Trinajstić information content (AvgIpc) is 2.73. The third-order valence-corrected chi connectivity index (χ3v) is 6.15. The number of thiophene rings is 2. The molecule has 2 rings (SSSR count). The fraction of sp³-hybridized carbons (Fsp3) is 0.111. The Morgan fingerprint density at radius 1 is 1.43 bits per heavy atom. The molecule has 1 unspecified atom stereocenters. The molecule has 0 saturated carbocycles. The number of rotatable bonds is 2. The van der Waals surface area contributed by atoms with Crippen LogP contribution in [0, 0.1) is 2.88 Å². The maximum Gasteiger partial charge on any atom is 0.0931 e. The SMILES string of the molecule is Clc1ccc(C(Br)c2csc(I)c2)s1. The van der Waals surface area contributed by atoms with Crippen LogP contribution < -0.4 is 0 Å². The van der Waals surface area contributed by atoms with Gasteiger partial charge in [-0.25, -0.2) is 0 Å². The average molecular weight is 420 g/mol. The maximum absolute atomic E-state index is 5.90. The molecule has 0 N–H and O–H groups in total. The van der Waals surface area contributed by atoms with Crippen LogP contribution >= 0.6 is 72.8 Å². The van der Waals surface area contributed by atoms with E-state index >= 15 is 0 Å². The number of alkyl halides is 1. The molecule has 0 amide bonds. The minimum Gasteiger partial charge on any atom is -0.137 e. The van der Waals surface area contributed by atoms with Crippen LogP contribution in [-0.2, 0) is 0 Å². The van der Waals surface area contributed by atoms with Crippen LogP contribution in [0.3, 0.4) is 0 Å². The highest BCUT2D eigenvalue weighted by Gasteiger charge is 2.13. The monoisotopic (exact) mass is 418 g/mol. The first kappa shape index (κ1) is 11.4. The van der Waals surface area contributed by atoms with Crippen LogP contribution in [-0.4, -0.2) is 0 Å². The first-order chi connectivity index (χ1) is 6.66. The zero-order chi connectivity index (χ0) is 10.1. The van der Waals surface area contributed by atoms with E-state index in [1.54, 1.807) is 22.7 Å². The normalized spacial score (nSPS) is 13.1. The Bertz CT molecular complexity index is 397. The summed E-state index contributed by atoms with van der Waals surface area (Å²) in [6.45, 7) is 0. The Hall–Kier alpha value is 0.900. The number of hydrogen-bond acceptors (Lipinski definition) is 2. The van der Waals surface area contributed by atoms with Crippen LogP contribution in [0.1, 0.15) is 15.3 Å². The van der Waals surface area contributed by atoms with Gasteiger partial charge in [-0.2, -0.15) is 0 Å². The van der Waals surface area contributed by atoms with E-state index in [1.807, 2.05) is 6.07 Å². The van der Waals surface area contributed by atoms with E-state index in [4.69, 9.17) is 11.6 Å². The van der Waals surface area contributed by atoms with Crippen molar-refractivity contribution in [3.8, 4) is 0 Å². The van der Waals surface area contributed by atoms with Gasteiger partial charge < -0.3 is 0 Å². The van der Waals surface area contributed by atoms with Crippen molar-refractivity contribution in [3.63, 3.8) is 0 Å². The molecule has 0 saturated heterocycles. The fourth-order valence-corrected chi connectivity index (χ4v) is 4.42. The van der Waals surface area contributed by atoms with Crippen molar-refractivity contribution in [2.75, 3.05) is 0 Å². The van der Waals surface area contributed by atoms with Crippen LogP contribution in [0.2, 0.25) is 4.34 Å². The van der Waals surface area contributed by atoms with Gasteiger partial charge in [0, 0.05) is 4.88 Å². The van der Waals surface area contributed by atoms with Gasteiger partial charge in [0.05, 0.1) is 12.0 Å². The molecule has 2 aromatic rings. The van der Waals surface area contributed by atoms with Gasteiger partial charge in [0.1, 0.15) is 0 Å². The first-order valence-corrected chi connectivity index (χ1v) is 7.87. The smallest absolute Gasteiger partial charge is 0.0931 e. The van der Waals surface area contributed by atoms with Gasteiger partial charge in [-0.3, -0.25) is 0 Å². The zero-order valence-electron chi connectivity index (χ0n) is 6.84. The molecule has 0 bridgehead atoms. The maximum atomic E-state index is 5.90. The van der Waals surface area contributed by atoms with E-state index in [0.717, 1.165) is 4.34 Å². The summed E-state index contributed by atoms with van der Waals surface area (Å²) in [4.78, 5) is 1.53. The molecular formula is C9H5BrClIS2. The summed E-state index contributed by atoms with van der Waals surface area (Å²) in [5.41, 5.74) is 1.30. The number of halogens is 3. The van der Waals surface area contributed by atoms with E-state index in [1.165, 1.54) is 13.3 Å². The van der Waals surface area contributed by atoms with Crippen molar-refractivity contribution in [2.45, 2.75) is 4.83 Å². The molecule has 5 heteroatoms. The Balaban J connectivity index is 2.28. The topological polar surface area (TPSA) is 0 Å². The van der Waals surface area contributed by atoms with Crippen molar-refractivity contribution < 1.29 is 0 Å². The van der Waals surface area contributed by atoms with Crippen LogP contribution in [0.5, 0.6) is 0 Å². The number of hydrogen-bond donors (Lipinski definition) is 0. The Morgan fingerprint density at radius 2 is 2.21 bits per heavy atom. The summed E-state index contributed by atoms with van der Waals surface area (Å²) < 4.78 is 2.15. The summed E-state index contributed by atoms with van der Waals surface area (Å²) in [5.74, 6) is 0. The molecule has 0 radical (unpaired) electrons. The van der Waals surface area contributed by atoms with Crippen molar-refractivity contribution in [1.29, 1.82) is 0 Å². The molecular weight excluding hydrogens is 414 g/mol. The molecule has 0 aliphatic carbocycles. The summed E-state index contributed by atoms with van der Waals surface area (Å²) in [5, 5.41) is 2.18. The lowest BCUT2D eigenvalue weighted by Gasteiger charge is -2.03. The van der Waals surface area contributed by atoms with Crippen molar-refractivity contribution in [3.05, 3.63) is 41.2 Å². The highest BCUT2D eigenvalue weighted by atomic mass is 127. The summed E-state index contributed by atoms with van der Waals surface area (Å²) in [6, 6.07) is 6.20. The van der Waals surface area contributed by atoms with Crippen molar-refractivity contribution >= 4 is 72.8 Å². The summed E-state index contributed by atoms with van der Waals surface area (Å²) >= 11 is 15.3. The second-order valence-corrected chi connectivity index (χ2v) is 8.16. The third kappa shape index (κ3) is 2.52. The quantitative estimate of drug-likeness (QED) is 0.442. The Labute approximate surface area is 118 Å².